The Bertz CT molecular complexity index is 660. The molecule has 0 spiro atoms. The Morgan fingerprint density at radius 3 is 2.96 bits per heavy atom. The molecule has 3 heterocycles. The number of rotatable bonds is 6. The number of amides is 1. The van der Waals surface area contributed by atoms with Crippen LogP contribution in [-0.2, 0) is 4.79 Å². The zero-order valence-electron chi connectivity index (χ0n) is 14.2. The Hall–Kier alpha value is -1.64. The Kier molecular flexibility index (Phi) is 8.88. The normalized spacial score (nSPS) is 16.6. The van der Waals surface area contributed by atoms with Crippen LogP contribution in [0.15, 0.2) is 12.7 Å². The van der Waals surface area contributed by atoms with E-state index in [1.165, 1.54) is 19.2 Å². The van der Waals surface area contributed by atoms with Gasteiger partial charge in [0.05, 0.1) is 12.9 Å². The summed E-state index contributed by atoms with van der Waals surface area (Å²) in [4.78, 5) is 29.3. The Morgan fingerprint density at radius 1 is 1.36 bits per heavy atom. The predicted octanol–water partition coefficient (Wildman–Crippen LogP) is 1.14. The van der Waals surface area contributed by atoms with Crippen LogP contribution in [-0.4, -0.2) is 59.1 Å². The number of carbonyl (C=O) groups excluding carboxylic acids is 1. The highest BCUT2D eigenvalue weighted by Crippen LogP contribution is 2.17. The number of hydrogen-bond donors (Lipinski definition) is 3. The molecular formula is C15H25Cl2N7O. The van der Waals surface area contributed by atoms with Crippen molar-refractivity contribution in [3.05, 3.63) is 12.7 Å². The van der Waals surface area contributed by atoms with Crippen LogP contribution < -0.4 is 15.5 Å². The van der Waals surface area contributed by atoms with Gasteiger partial charge in [0.25, 0.3) is 0 Å². The highest BCUT2D eigenvalue weighted by molar-refractivity contribution is 5.87. The van der Waals surface area contributed by atoms with Crippen LogP contribution in [0.4, 0.5) is 5.82 Å². The molecular weight excluding hydrogens is 365 g/mol. The van der Waals surface area contributed by atoms with Gasteiger partial charge >= 0.3 is 0 Å². The maximum absolute atomic E-state index is 12.1. The van der Waals surface area contributed by atoms with Crippen molar-refractivity contribution >= 4 is 47.7 Å². The minimum Gasteiger partial charge on any atom is -0.355 e. The quantitative estimate of drug-likeness (QED) is 0.684. The van der Waals surface area contributed by atoms with Crippen molar-refractivity contribution in [1.29, 1.82) is 0 Å². The number of halogens is 2. The molecule has 1 fully saturated rings. The summed E-state index contributed by atoms with van der Waals surface area (Å²) in [5, 5.41) is 6.39. The van der Waals surface area contributed by atoms with Crippen LogP contribution in [0.5, 0.6) is 0 Å². The molecule has 140 valence electrons. The number of H-pyrrole nitrogens is 1. The summed E-state index contributed by atoms with van der Waals surface area (Å²) in [6, 6.07) is 0. The van der Waals surface area contributed by atoms with E-state index in [-0.39, 0.29) is 37.3 Å². The van der Waals surface area contributed by atoms with Gasteiger partial charge in [-0.3, -0.25) is 4.79 Å². The minimum atomic E-state index is 0. The number of likely N-dealkylation sites (N-methyl/N-ethyl adjacent to an activating group) is 1. The molecule has 0 saturated carbocycles. The summed E-state index contributed by atoms with van der Waals surface area (Å²) in [5.41, 5.74) is 1.35. The summed E-state index contributed by atoms with van der Waals surface area (Å²) in [5.74, 6) is 1.36. The smallest absolute Gasteiger partial charge is 0.239 e. The second kappa shape index (κ2) is 10.4. The molecule has 1 aliphatic heterocycles. The molecule has 0 radical (unpaired) electrons. The van der Waals surface area contributed by atoms with Crippen molar-refractivity contribution in [2.75, 3.05) is 38.1 Å². The van der Waals surface area contributed by atoms with Crippen molar-refractivity contribution in [3.63, 3.8) is 0 Å². The van der Waals surface area contributed by atoms with Crippen LogP contribution in [0, 0.1) is 5.92 Å². The molecule has 10 heteroatoms. The second-order valence-electron chi connectivity index (χ2n) is 6.01. The lowest BCUT2D eigenvalue weighted by atomic mass is 9.96. The molecule has 3 N–H and O–H groups in total. The first kappa shape index (κ1) is 21.4. The molecule has 8 nitrogen and oxygen atoms in total. The van der Waals surface area contributed by atoms with Gasteiger partial charge in [-0.2, -0.15) is 0 Å². The number of fused-ring (bicyclic) bond motifs is 1. The number of carbonyl (C=O) groups is 1. The van der Waals surface area contributed by atoms with Crippen molar-refractivity contribution in [2.24, 2.45) is 5.92 Å². The van der Waals surface area contributed by atoms with E-state index >= 15 is 0 Å². The average Bonchev–Trinajstić information content (AvgIpc) is 3.04. The second-order valence-corrected chi connectivity index (χ2v) is 6.01. The fraction of sp³-hybridized carbons (Fsp3) is 0.600. The minimum absolute atomic E-state index is 0. The monoisotopic (exact) mass is 389 g/mol. The van der Waals surface area contributed by atoms with Crippen LogP contribution in [0.1, 0.15) is 19.3 Å². The average molecular weight is 390 g/mol. The van der Waals surface area contributed by atoms with Gasteiger partial charge in [0, 0.05) is 13.6 Å². The fourth-order valence-corrected chi connectivity index (χ4v) is 2.97. The molecule has 0 bridgehead atoms. The van der Waals surface area contributed by atoms with Gasteiger partial charge in [-0.15, -0.1) is 24.8 Å². The van der Waals surface area contributed by atoms with Crippen molar-refractivity contribution in [2.45, 2.75) is 19.3 Å². The van der Waals surface area contributed by atoms with Gasteiger partial charge < -0.3 is 20.5 Å². The van der Waals surface area contributed by atoms with Crippen LogP contribution in [0.25, 0.3) is 11.2 Å². The zero-order valence-corrected chi connectivity index (χ0v) is 15.8. The number of aromatic nitrogens is 4. The van der Waals surface area contributed by atoms with E-state index in [2.05, 4.69) is 30.6 Å². The number of piperidine rings is 1. The lowest BCUT2D eigenvalue weighted by molar-refractivity contribution is -0.119. The third kappa shape index (κ3) is 5.69. The van der Waals surface area contributed by atoms with E-state index in [0.29, 0.717) is 17.4 Å². The molecule has 1 amide bonds. The molecule has 1 saturated heterocycles. The fourth-order valence-electron chi connectivity index (χ4n) is 2.97. The number of imidazole rings is 1. The molecule has 1 unspecified atom stereocenters. The lowest BCUT2D eigenvalue weighted by Gasteiger charge is -2.23. The van der Waals surface area contributed by atoms with E-state index in [1.54, 1.807) is 11.2 Å². The zero-order chi connectivity index (χ0) is 16.1. The van der Waals surface area contributed by atoms with Crippen LogP contribution >= 0.6 is 24.8 Å². The third-order valence-corrected chi connectivity index (χ3v) is 4.22. The molecule has 2 aromatic heterocycles. The van der Waals surface area contributed by atoms with Crippen molar-refractivity contribution in [3.8, 4) is 0 Å². The maximum Gasteiger partial charge on any atom is 0.239 e. The number of hydrogen-bond acceptors (Lipinski definition) is 6. The third-order valence-electron chi connectivity index (χ3n) is 4.22. The van der Waals surface area contributed by atoms with E-state index in [9.17, 15) is 4.79 Å². The Balaban J connectivity index is 0.00000156. The van der Waals surface area contributed by atoms with Gasteiger partial charge in [0.15, 0.2) is 11.5 Å². The summed E-state index contributed by atoms with van der Waals surface area (Å²) in [6.45, 7) is 3.17. The molecule has 1 atom stereocenters. The summed E-state index contributed by atoms with van der Waals surface area (Å²) in [7, 11) is 1.84. The van der Waals surface area contributed by atoms with Gasteiger partial charge in [-0.1, -0.05) is 0 Å². The summed E-state index contributed by atoms with van der Waals surface area (Å²) in [6.07, 6.45) is 6.55. The lowest BCUT2D eigenvalue weighted by Crippen LogP contribution is -2.38. The van der Waals surface area contributed by atoms with Crippen molar-refractivity contribution < 1.29 is 4.79 Å². The first-order valence-corrected chi connectivity index (χ1v) is 8.06. The summed E-state index contributed by atoms with van der Waals surface area (Å²) < 4.78 is 0. The van der Waals surface area contributed by atoms with Gasteiger partial charge in [0.1, 0.15) is 11.8 Å². The molecule has 0 aliphatic carbocycles. The van der Waals surface area contributed by atoms with Gasteiger partial charge in [-0.25, -0.2) is 15.0 Å². The van der Waals surface area contributed by atoms with Gasteiger partial charge in [-0.05, 0) is 38.3 Å². The molecule has 2 aromatic rings. The highest BCUT2D eigenvalue weighted by Gasteiger charge is 2.15. The predicted molar refractivity (Wildman–Crippen MR) is 103 cm³/mol. The molecule has 3 rings (SSSR count). The standard InChI is InChI=1S/C15H23N7O.2ClH/c1-22(15-13-14(19-9-18-13)20-10-21-15)8-12(23)17-6-4-11-3-2-5-16-7-11;;/h9-11,16H,2-8H2,1H3,(H,17,23)(H,18,19,20,21);2*1H. The highest BCUT2D eigenvalue weighted by atomic mass is 35.5. The number of anilines is 1. The number of aromatic amines is 1. The van der Waals surface area contributed by atoms with Crippen molar-refractivity contribution in [1.82, 2.24) is 30.6 Å². The van der Waals surface area contributed by atoms with Crippen LogP contribution in [0.2, 0.25) is 0 Å². The summed E-state index contributed by atoms with van der Waals surface area (Å²) >= 11 is 0. The number of nitrogens with one attached hydrogen (secondary N) is 3. The Labute approximate surface area is 159 Å². The topological polar surface area (TPSA) is 98.8 Å². The molecule has 25 heavy (non-hydrogen) atoms. The van der Waals surface area contributed by atoms with E-state index in [4.69, 9.17) is 0 Å². The SMILES string of the molecule is CN(CC(=O)NCCC1CCCNC1)c1ncnc2nc[nH]c12.Cl.Cl. The Morgan fingerprint density at radius 2 is 2.20 bits per heavy atom. The van der Waals surface area contributed by atoms with Gasteiger partial charge in [0.2, 0.25) is 5.91 Å². The maximum atomic E-state index is 12.1. The first-order valence-electron chi connectivity index (χ1n) is 8.06. The molecule has 0 aromatic carbocycles. The van der Waals surface area contributed by atoms with E-state index < -0.39 is 0 Å². The first-order chi connectivity index (χ1) is 11.2. The largest absolute Gasteiger partial charge is 0.355 e. The molecule has 1 aliphatic rings. The number of nitrogens with zero attached hydrogens (tertiary/aromatic N) is 4. The van der Waals surface area contributed by atoms with E-state index in [1.807, 2.05) is 7.05 Å². The van der Waals surface area contributed by atoms with E-state index in [0.717, 1.165) is 31.6 Å². The van der Waals surface area contributed by atoms with Crippen LogP contribution in [0.3, 0.4) is 0 Å².